The molecule has 2 atom stereocenters. The largest absolute Gasteiger partial charge is 0.393 e. The Morgan fingerprint density at radius 1 is 1.21 bits per heavy atom. The second kappa shape index (κ2) is 8.70. The highest BCUT2D eigenvalue weighted by molar-refractivity contribution is 8.00. The summed E-state index contributed by atoms with van der Waals surface area (Å²) in [5, 5.41) is 14.3. The Bertz CT molecular complexity index is 514. The van der Waals surface area contributed by atoms with Gasteiger partial charge in [0.25, 0.3) is 0 Å². The van der Waals surface area contributed by atoms with Crippen molar-refractivity contribution in [3.05, 3.63) is 35.4 Å². The van der Waals surface area contributed by atoms with E-state index in [0.717, 1.165) is 50.2 Å². The molecule has 2 aliphatic heterocycles. The maximum atomic E-state index is 9.67. The summed E-state index contributed by atoms with van der Waals surface area (Å²) in [7, 11) is 0. The van der Waals surface area contributed by atoms with Crippen LogP contribution in [0.25, 0.3) is 0 Å². The van der Waals surface area contributed by atoms with Crippen LogP contribution >= 0.6 is 11.8 Å². The molecule has 0 radical (unpaired) electrons. The zero-order chi connectivity index (χ0) is 16.9. The third-order valence-corrected chi connectivity index (χ3v) is 7.18. The van der Waals surface area contributed by atoms with Crippen LogP contribution in [0, 0.1) is 5.92 Å². The Hall–Kier alpha value is -0.550. The Morgan fingerprint density at radius 3 is 2.58 bits per heavy atom. The number of nitrogens with one attached hydrogen (secondary N) is 1. The number of thioether (sulfide) groups is 1. The molecular weight excluding hydrogens is 316 g/mol. The van der Waals surface area contributed by atoms with Gasteiger partial charge in [-0.15, -0.1) is 0 Å². The maximum absolute atomic E-state index is 9.67. The molecule has 134 valence electrons. The summed E-state index contributed by atoms with van der Waals surface area (Å²) >= 11 is 2.13. The number of piperidine rings is 1. The highest BCUT2D eigenvalue weighted by Gasteiger charge is 2.27. The van der Waals surface area contributed by atoms with E-state index in [1.807, 2.05) is 0 Å². The molecule has 0 aromatic heterocycles. The first kappa shape index (κ1) is 18.2. The molecule has 2 aliphatic rings. The average molecular weight is 349 g/mol. The summed E-state index contributed by atoms with van der Waals surface area (Å²) < 4.78 is 0. The topological polar surface area (TPSA) is 35.5 Å². The Morgan fingerprint density at radius 2 is 1.92 bits per heavy atom. The molecule has 0 unspecified atom stereocenters. The lowest BCUT2D eigenvalue weighted by atomic mass is 10.0. The Labute approximate surface area is 151 Å². The fourth-order valence-corrected chi connectivity index (χ4v) is 5.21. The number of rotatable bonds is 6. The molecule has 2 N–H and O–H groups in total. The summed E-state index contributed by atoms with van der Waals surface area (Å²) in [4.78, 5) is 2.48. The standard InChI is InChI=1S/C20H32N2OS/c1-15(2)20-11-18(14-24-20)21-12-16-5-3-4-6-17(16)13-22-9-7-19(23)8-10-22/h3-6,15,18-21,23H,7-14H2,1-2H3/t18-,20-/m0/s1. The van der Waals surface area contributed by atoms with E-state index in [1.54, 1.807) is 0 Å². The first-order valence-corrected chi connectivity index (χ1v) is 10.5. The quantitative estimate of drug-likeness (QED) is 0.827. The van der Waals surface area contributed by atoms with Gasteiger partial charge in [-0.05, 0) is 36.3 Å². The minimum absolute atomic E-state index is 0.0908. The number of hydrogen-bond donors (Lipinski definition) is 2. The van der Waals surface area contributed by atoms with Gasteiger partial charge in [0.05, 0.1) is 6.10 Å². The predicted molar refractivity (Wildman–Crippen MR) is 103 cm³/mol. The molecular formula is C20H32N2OS. The molecule has 0 saturated carbocycles. The van der Waals surface area contributed by atoms with Crippen LogP contribution in [0.4, 0.5) is 0 Å². The van der Waals surface area contributed by atoms with E-state index in [0.29, 0.717) is 6.04 Å². The Kier molecular flexibility index (Phi) is 6.62. The molecule has 0 amide bonds. The van der Waals surface area contributed by atoms with Crippen molar-refractivity contribution in [3.8, 4) is 0 Å². The lowest BCUT2D eigenvalue weighted by Gasteiger charge is -2.30. The fraction of sp³-hybridized carbons (Fsp3) is 0.700. The number of hydrogen-bond acceptors (Lipinski definition) is 4. The van der Waals surface area contributed by atoms with Gasteiger partial charge < -0.3 is 10.4 Å². The minimum atomic E-state index is -0.0908. The van der Waals surface area contributed by atoms with Crippen LogP contribution in [0.5, 0.6) is 0 Å². The second-order valence-electron chi connectivity index (χ2n) is 7.71. The van der Waals surface area contributed by atoms with Gasteiger partial charge in [0.2, 0.25) is 0 Å². The molecule has 0 bridgehead atoms. The normalized spacial score (nSPS) is 26.3. The van der Waals surface area contributed by atoms with E-state index in [-0.39, 0.29) is 6.10 Å². The first-order chi connectivity index (χ1) is 11.6. The van der Waals surface area contributed by atoms with Crippen molar-refractivity contribution in [2.75, 3.05) is 18.8 Å². The maximum Gasteiger partial charge on any atom is 0.0564 e. The molecule has 2 heterocycles. The summed E-state index contributed by atoms with van der Waals surface area (Å²) in [6, 6.07) is 9.49. The monoisotopic (exact) mass is 348 g/mol. The van der Waals surface area contributed by atoms with E-state index in [1.165, 1.54) is 23.3 Å². The van der Waals surface area contributed by atoms with Gasteiger partial charge in [0.15, 0.2) is 0 Å². The van der Waals surface area contributed by atoms with Crippen molar-refractivity contribution in [3.63, 3.8) is 0 Å². The lowest BCUT2D eigenvalue weighted by molar-refractivity contribution is 0.0791. The number of aliphatic hydroxyl groups excluding tert-OH is 1. The van der Waals surface area contributed by atoms with Crippen LogP contribution in [0.15, 0.2) is 24.3 Å². The van der Waals surface area contributed by atoms with Crippen LogP contribution < -0.4 is 5.32 Å². The molecule has 4 heteroatoms. The lowest BCUT2D eigenvalue weighted by Crippen LogP contribution is -2.36. The average Bonchev–Trinajstić information content (AvgIpc) is 3.05. The van der Waals surface area contributed by atoms with E-state index in [9.17, 15) is 5.11 Å². The number of likely N-dealkylation sites (tertiary alicyclic amines) is 1. The van der Waals surface area contributed by atoms with E-state index in [2.05, 4.69) is 60.1 Å². The van der Waals surface area contributed by atoms with Crippen molar-refractivity contribution < 1.29 is 5.11 Å². The van der Waals surface area contributed by atoms with Gasteiger partial charge in [0.1, 0.15) is 0 Å². The SMILES string of the molecule is CC(C)[C@@H]1C[C@H](NCc2ccccc2CN2CCC(O)CC2)CS1. The van der Waals surface area contributed by atoms with Crippen LogP contribution in [0.2, 0.25) is 0 Å². The summed E-state index contributed by atoms with van der Waals surface area (Å²) in [5.41, 5.74) is 2.87. The Balaban J connectivity index is 1.53. The molecule has 24 heavy (non-hydrogen) atoms. The van der Waals surface area contributed by atoms with Gasteiger partial charge in [-0.2, -0.15) is 11.8 Å². The molecule has 3 nitrogen and oxygen atoms in total. The van der Waals surface area contributed by atoms with Gasteiger partial charge in [-0.3, -0.25) is 4.90 Å². The molecule has 3 rings (SSSR count). The van der Waals surface area contributed by atoms with Crippen molar-refractivity contribution in [2.24, 2.45) is 5.92 Å². The van der Waals surface area contributed by atoms with Crippen LogP contribution in [-0.4, -0.2) is 46.2 Å². The van der Waals surface area contributed by atoms with Crippen LogP contribution in [-0.2, 0) is 13.1 Å². The third-order valence-electron chi connectivity index (χ3n) is 5.42. The highest BCUT2D eigenvalue weighted by atomic mass is 32.2. The van der Waals surface area contributed by atoms with Crippen LogP contribution in [0.3, 0.4) is 0 Å². The van der Waals surface area contributed by atoms with Crippen LogP contribution in [0.1, 0.15) is 44.2 Å². The van der Waals surface area contributed by atoms with E-state index < -0.39 is 0 Å². The fourth-order valence-electron chi connectivity index (χ4n) is 3.72. The van der Waals surface area contributed by atoms with Gasteiger partial charge in [-0.25, -0.2) is 0 Å². The molecule has 2 saturated heterocycles. The molecule has 2 fully saturated rings. The second-order valence-corrected chi connectivity index (χ2v) is 8.98. The molecule has 0 spiro atoms. The van der Waals surface area contributed by atoms with Crippen molar-refractivity contribution >= 4 is 11.8 Å². The van der Waals surface area contributed by atoms with E-state index in [4.69, 9.17) is 0 Å². The van der Waals surface area contributed by atoms with Crippen molar-refractivity contribution in [1.82, 2.24) is 10.2 Å². The third kappa shape index (κ3) is 4.98. The zero-order valence-electron chi connectivity index (χ0n) is 15.1. The molecule has 0 aliphatic carbocycles. The highest BCUT2D eigenvalue weighted by Crippen LogP contribution is 2.32. The van der Waals surface area contributed by atoms with Gasteiger partial charge >= 0.3 is 0 Å². The number of nitrogens with zero attached hydrogens (tertiary/aromatic N) is 1. The minimum Gasteiger partial charge on any atom is -0.393 e. The smallest absolute Gasteiger partial charge is 0.0564 e. The number of benzene rings is 1. The molecule has 1 aromatic rings. The van der Waals surface area contributed by atoms with Gasteiger partial charge in [-0.1, -0.05) is 38.1 Å². The van der Waals surface area contributed by atoms with Crippen molar-refractivity contribution in [2.45, 2.75) is 63.6 Å². The zero-order valence-corrected chi connectivity index (χ0v) is 15.9. The van der Waals surface area contributed by atoms with Gasteiger partial charge in [0, 0.05) is 43.2 Å². The first-order valence-electron chi connectivity index (χ1n) is 9.44. The van der Waals surface area contributed by atoms with E-state index >= 15 is 0 Å². The summed E-state index contributed by atoms with van der Waals surface area (Å²) in [6.45, 7) is 8.69. The molecule has 1 aromatic carbocycles. The summed E-state index contributed by atoms with van der Waals surface area (Å²) in [5.74, 6) is 2.03. The number of aliphatic hydroxyl groups is 1. The summed E-state index contributed by atoms with van der Waals surface area (Å²) in [6.07, 6.45) is 3.04. The van der Waals surface area contributed by atoms with Crippen molar-refractivity contribution in [1.29, 1.82) is 0 Å². The predicted octanol–water partition coefficient (Wildman–Crippen LogP) is 3.26.